The largest absolute Gasteiger partial charge is 0.372 e. The van der Waals surface area contributed by atoms with Crippen molar-refractivity contribution in [2.45, 2.75) is 31.4 Å². The minimum Gasteiger partial charge on any atom is -0.372 e. The molecule has 6 nitrogen and oxygen atoms in total. The number of aryl methyl sites for hydroxylation is 1. The van der Waals surface area contributed by atoms with Gasteiger partial charge in [-0.1, -0.05) is 12.1 Å². The second-order valence-corrected chi connectivity index (χ2v) is 6.33. The van der Waals surface area contributed by atoms with Gasteiger partial charge in [0.2, 0.25) is 5.91 Å². The summed E-state index contributed by atoms with van der Waals surface area (Å²) in [5.41, 5.74) is 1.90. The van der Waals surface area contributed by atoms with Crippen molar-refractivity contribution < 1.29 is 9.53 Å². The van der Waals surface area contributed by atoms with Crippen molar-refractivity contribution in [2.24, 2.45) is 7.05 Å². The second kappa shape index (κ2) is 8.07. The van der Waals surface area contributed by atoms with Crippen molar-refractivity contribution in [2.75, 3.05) is 13.2 Å². The summed E-state index contributed by atoms with van der Waals surface area (Å²) in [6, 6.07) is 5.66. The van der Waals surface area contributed by atoms with E-state index in [9.17, 15) is 4.79 Å². The Hall–Kier alpha value is -2.47. The van der Waals surface area contributed by atoms with Gasteiger partial charge >= 0.3 is 0 Å². The van der Waals surface area contributed by atoms with Crippen LogP contribution in [0.1, 0.15) is 17.7 Å². The molecule has 0 bridgehead atoms. The SMILES string of the molecule is C=CCO[C@H]1CCN(C(=O)Cc2ccccn2)[C@@H]1Cc1cnn(C)c1. The number of carbonyl (C=O) groups is 1. The monoisotopic (exact) mass is 340 g/mol. The molecule has 0 radical (unpaired) electrons. The smallest absolute Gasteiger partial charge is 0.228 e. The third kappa shape index (κ3) is 4.33. The first-order valence-electron chi connectivity index (χ1n) is 8.56. The highest BCUT2D eigenvalue weighted by Crippen LogP contribution is 2.25. The van der Waals surface area contributed by atoms with Crippen LogP contribution in [0.25, 0.3) is 0 Å². The lowest BCUT2D eigenvalue weighted by molar-refractivity contribution is -0.132. The highest BCUT2D eigenvalue weighted by Gasteiger charge is 2.37. The van der Waals surface area contributed by atoms with Gasteiger partial charge in [-0.05, 0) is 30.5 Å². The molecule has 132 valence electrons. The van der Waals surface area contributed by atoms with E-state index < -0.39 is 0 Å². The zero-order valence-electron chi connectivity index (χ0n) is 14.5. The van der Waals surface area contributed by atoms with Crippen molar-refractivity contribution in [3.8, 4) is 0 Å². The zero-order chi connectivity index (χ0) is 17.6. The van der Waals surface area contributed by atoms with Gasteiger partial charge in [0.1, 0.15) is 0 Å². The highest BCUT2D eigenvalue weighted by molar-refractivity contribution is 5.79. The fraction of sp³-hybridized carbons (Fsp3) is 0.421. The van der Waals surface area contributed by atoms with Crippen LogP contribution in [-0.2, 0) is 29.4 Å². The van der Waals surface area contributed by atoms with E-state index >= 15 is 0 Å². The predicted octanol–water partition coefficient (Wildman–Crippen LogP) is 1.77. The first kappa shape index (κ1) is 17.4. The Morgan fingerprint density at radius 3 is 3.04 bits per heavy atom. The fourth-order valence-corrected chi connectivity index (χ4v) is 3.34. The molecule has 0 aromatic carbocycles. The van der Waals surface area contributed by atoms with E-state index in [4.69, 9.17) is 4.74 Å². The number of pyridine rings is 1. The molecule has 0 N–H and O–H groups in total. The average Bonchev–Trinajstić information content (AvgIpc) is 3.20. The van der Waals surface area contributed by atoms with E-state index in [0.717, 1.165) is 24.1 Å². The van der Waals surface area contributed by atoms with Gasteiger partial charge in [0, 0.05) is 31.7 Å². The molecule has 3 rings (SSSR count). The van der Waals surface area contributed by atoms with E-state index in [1.54, 1.807) is 17.0 Å². The molecular weight excluding hydrogens is 316 g/mol. The maximum Gasteiger partial charge on any atom is 0.228 e. The van der Waals surface area contributed by atoms with Crippen LogP contribution in [0.5, 0.6) is 0 Å². The summed E-state index contributed by atoms with van der Waals surface area (Å²) in [6.45, 7) is 4.92. The minimum absolute atomic E-state index is 0.0142. The van der Waals surface area contributed by atoms with Gasteiger partial charge in [0.05, 0.1) is 31.4 Å². The standard InChI is InChI=1S/C19H24N4O2/c1-3-10-25-18-7-9-23(17(18)11-15-13-21-22(2)14-15)19(24)12-16-6-4-5-8-20-16/h3-6,8,13-14,17-18H,1,7,9-12H2,2H3/t17-,18+/m1/s1. The average molecular weight is 340 g/mol. The molecule has 2 atom stereocenters. The number of nitrogens with zero attached hydrogens (tertiary/aromatic N) is 4. The van der Waals surface area contributed by atoms with E-state index in [-0.39, 0.29) is 18.1 Å². The van der Waals surface area contributed by atoms with Crippen molar-refractivity contribution in [1.82, 2.24) is 19.7 Å². The van der Waals surface area contributed by atoms with Gasteiger partial charge in [0.15, 0.2) is 0 Å². The number of aromatic nitrogens is 3. The van der Waals surface area contributed by atoms with E-state index in [0.29, 0.717) is 19.6 Å². The van der Waals surface area contributed by atoms with Gasteiger partial charge < -0.3 is 9.64 Å². The third-order valence-corrected chi connectivity index (χ3v) is 4.49. The van der Waals surface area contributed by atoms with Crippen LogP contribution in [-0.4, -0.2) is 50.9 Å². The molecule has 0 spiro atoms. The lowest BCUT2D eigenvalue weighted by Gasteiger charge is -2.28. The Balaban J connectivity index is 1.73. The first-order chi connectivity index (χ1) is 12.2. The van der Waals surface area contributed by atoms with Crippen molar-refractivity contribution in [3.63, 3.8) is 0 Å². The molecule has 0 aliphatic carbocycles. The number of rotatable bonds is 7. The number of amides is 1. The van der Waals surface area contributed by atoms with Crippen molar-refractivity contribution in [3.05, 3.63) is 60.7 Å². The first-order valence-corrected chi connectivity index (χ1v) is 8.56. The molecule has 1 saturated heterocycles. The summed E-state index contributed by atoms with van der Waals surface area (Å²) in [6.07, 6.45) is 9.23. The lowest BCUT2D eigenvalue weighted by atomic mass is 10.0. The molecule has 1 amide bonds. The number of likely N-dealkylation sites (tertiary alicyclic amines) is 1. The van der Waals surface area contributed by atoms with Crippen LogP contribution < -0.4 is 0 Å². The molecule has 1 aliphatic heterocycles. The van der Waals surface area contributed by atoms with E-state index in [2.05, 4.69) is 16.7 Å². The van der Waals surface area contributed by atoms with Crippen molar-refractivity contribution in [1.29, 1.82) is 0 Å². The Morgan fingerprint density at radius 2 is 2.36 bits per heavy atom. The summed E-state index contributed by atoms with van der Waals surface area (Å²) in [5, 5.41) is 4.23. The summed E-state index contributed by atoms with van der Waals surface area (Å²) >= 11 is 0. The molecule has 6 heteroatoms. The molecule has 1 fully saturated rings. The summed E-state index contributed by atoms with van der Waals surface area (Å²) in [4.78, 5) is 19.0. The maximum atomic E-state index is 12.8. The van der Waals surface area contributed by atoms with Crippen LogP contribution in [0.4, 0.5) is 0 Å². The molecule has 25 heavy (non-hydrogen) atoms. The van der Waals surface area contributed by atoms with Crippen LogP contribution in [0.3, 0.4) is 0 Å². The van der Waals surface area contributed by atoms with E-state index in [1.165, 1.54) is 0 Å². The van der Waals surface area contributed by atoms with Gasteiger partial charge in [-0.15, -0.1) is 6.58 Å². The Bertz CT molecular complexity index is 713. The molecular formula is C19H24N4O2. The van der Waals surface area contributed by atoms with Crippen LogP contribution in [0.15, 0.2) is 49.4 Å². The zero-order valence-corrected chi connectivity index (χ0v) is 14.5. The number of carbonyl (C=O) groups excluding carboxylic acids is 1. The van der Waals surface area contributed by atoms with Gasteiger partial charge in [-0.2, -0.15) is 5.10 Å². The third-order valence-electron chi connectivity index (χ3n) is 4.49. The van der Waals surface area contributed by atoms with Crippen LogP contribution in [0, 0.1) is 0 Å². The molecule has 0 saturated carbocycles. The Kier molecular flexibility index (Phi) is 5.60. The molecule has 1 aliphatic rings. The van der Waals surface area contributed by atoms with Gasteiger partial charge in [0.25, 0.3) is 0 Å². The summed E-state index contributed by atoms with van der Waals surface area (Å²) < 4.78 is 7.70. The molecule has 0 unspecified atom stereocenters. The molecule has 3 heterocycles. The van der Waals surface area contributed by atoms with Crippen LogP contribution >= 0.6 is 0 Å². The fourth-order valence-electron chi connectivity index (χ4n) is 3.34. The normalized spacial score (nSPS) is 20.0. The maximum absolute atomic E-state index is 12.8. The quantitative estimate of drug-likeness (QED) is 0.721. The Morgan fingerprint density at radius 1 is 1.48 bits per heavy atom. The van der Waals surface area contributed by atoms with Crippen molar-refractivity contribution >= 4 is 5.91 Å². The van der Waals surface area contributed by atoms with E-state index in [1.807, 2.05) is 42.5 Å². The molecule has 2 aromatic rings. The molecule has 2 aromatic heterocycles. The topological polar surface area (TPSA) is 60.2 Å². The second-order valence-electron chi connectivity index (χ2n) is 6.33. The van der Waals surface area contributed by atoms with Gasteiger partial charge in [-0.3, -0.25) is 14.5 Å². The van der Waals surface area contributed by atoms with Gasteiger partial charge in [-0.25, -0.2) is 0 Å². The number of ether oxygens (including phenoxy) is 1. The summed E-state index contributed by atoms with van der Waals surface area (Å²) in [5.74, 6) is 0.0947. The minimum atomic E-state index is 0.0142. The summed E-state index contributed by atoms with van der Waals surface area (Å²) in [7, 11) is 1.90. The number of hydrogen-bond acceptors (Lipinski definition) is 4. The number of hydrogen-bond donors (Lipinski definition) is 0. The predicted molar refractivity (Wildman–Crippen MR) is 94.9 cm³/mol. The van der Waals surface area contributed by atoms with Crippen LogP contribution in [0.2, 0.25) is 0 Å². The lowest BCUT2D eigenvalue weighted by Crippen LogP contribution is -2.42. The Labute approximate surface area is 148 Å². The highest BCUT2D eigenvalue weighted by atomic mass is 16.5.